The Hall–Kier alpha value is -0.330. The highest BCUT2D eigenvalue weighted by molar-refractivity contribution is 5.82. The molecule has 4 rings (SSSR count). The van der Waals surface area contributed by atoms with Crippen LogP contribution in [0.1, 0.15) is 78.1 Å². The molecular weight excluding hydrogens is 244 g/mol. The fourth-order valence-electron chi connectivity index (χ4n) is 7.07. The Labute approximate surface area is 123 Å². The molecule has 1 heteroatoms. The molecule has 0 aromatic rings. The van der Waals surface area contributed by atoms with Crippen molar-refractivity contribution in [3.8, 4) is 0 Å². The maximum Gasteiger partial charge on any atom is 0.133 e. The average Bonchev–Trinajstić information content (AvgIpc) is 2.72. The minimum Gasteiger partial charge on any atom is -0.300 e. The maximum atomic E-state index is 12.1. The Morgan fingerprint density at radius 1 is 0.950 bits per heavy atom. The van der Waals surface area contributed by atoms with Crippen LogP contribution in [-0.2, 0) is 4.79 Å². The molecular formula is C19H30O. The fraction of sp³-hybridized carbons (Fsp3) is 0.947. The molecule has 6 atom stereocenters. The number of fused-ring (bicyclic) bond motifs is 5. The lowest BCUT2D eigenvalue weighted by Gasteiger charge is -2.59. The van der Waals surface area contributed by atoms with Crippen molar-refractivity contribution in [2.45, 2.75) is 78.1 Å². The minimum absolute atomic E-state index is 0.371. The van der Waals surface area contributed by atoms with Crippen molar-refractivity contribution in [3.63, 3.8) is 0 Å². The Kier molecular flexibility index (Phi) is 2.89. The first-order valence-corrected chi connectivity index (χ1v) is 9.05. The zero-order valence-corrected chi connectivity index (χ0v) is 13.3. The molecule has 0 saturated heterocycles. The van der Waals surface area contributed by atoms with Gasteiger partial charge in [0.05, 0.1) is 0 Å². The van der Waals surface area contributed by atoms with Crippen LogP contribution in [-0.4, -0.2) is 5.78 Å². The van der Waals surface area contributed by atoms with Gasteiger partial charge in [-0.3, -0.25) is 4.79 Å². The summed E-state index contributed by atoms with van der Waals surface area (Å²) in [7, 11) is 0. The lowest BCUT2D eigenvalue weighted by Crippen LogP contribution is -2.51. The van der Waals surface area contributed by atoms with Gasteiger partial charge in [-0.1, -0.05) is 26.7 Å². The van der Waals surface area contributed by atoms with E-state index in [1.54, 1.807) is 0 Å². The molecule has 0 aliphatic heterocycles. The lowest BCUT2D eigenvalue weighted by atomic mass is 9.45. The highest BCUT2D eigenvalue weighted by Gasteiger charge is 2.58. The van der Waals surface area contributed by atoms with Crippen molar-refractivity contribution in [1.29, 1.82) is 0 Å². The van der Waals surface area contributed by atoms with Gasteiger partial charge in [0.1, 0.15) is 5.78 Å². The molecule has 0 heterocycles. The van der Waals surface area contributed by atoms with Gasteiger partial charge in [-0.05, 0) is 73.0 Å². The zero-order valence-electron chi connectivity index (χ0n) is 13.3. The average molecular weight is 274 g/mol. The molecule has 4 saturated carbocycles. The summed E-state index contributed by atoms with van der Waals surface area (Å²) in [5.41, 5.74) is 0.990. The normalized spacial score (nSPS) is 55.0. The summed E-state index contributed by atoms with van der Waals surface area (Å²) in [6.07, 6.45) is 13.3. The first-order valence-electron chi connectivity index (χ1n) is 9.05. The molecule has 112 valence electrons. The van der Waals surface area contributed by atoms with E-state index >= 15 is 0 Å². The number of ketones is 1. The molecule has 20 heavy (non-hydrogen) atoms. The van der Waals surface area contributed by atoms with E-state index in [9.17, 15) is 4.79 Å². The standard InChI is InChI=1S/C19H30O/c1-18-10-8-16-15(17(18)11-14(20)12-18)7-6-13-5-3-4-9-19(13,16)2/h13,15-17H,3-12H2,1-2H3/t13-,15+,16-,17-,18+,19-/m0/s1. The van der Waals surface area contributed by atoms with E-state index in [0.29, 0.717) is 16.6 Å². The quantitative estimate of drug-likeness (QED) is 0.608. The number of hydrogen-bond acceptors (Lipinski definition) is 1. The van der Waals surface area contributed by atoms with Crippen molar-refractivity contribution in [2.75, 3.05) is 0 Å². The molecule has 0 radical (unpaired) electrons. The molecule has 4 aliphatic carbocycles. The predicted octanol–water partition coefficient (Wildman–Crippen LogP) is 4.99. The third-order valence-corrected chi connectivity index (χ3v) is 8.15. The third kappa shape index (κ3) is 1.70. The summed E-state index contributed by atoms with van der Waals surface area (Å²) in [5, 5.41) is 0. The summed E-state index contributed by atoms with van der Waals surface area (Å²) < 4.78 is 0. The monoisotopic (exact) mass is 274 g/mol. The van der Waals surface area contributed by atoms with Crippen LogP contribution in [0.2, 0.25) is 0 Å². The smallest absolute Gasteiger partial charge is 0.133 e. The predicted molar refractivity (Wildman–Crippen MR) is 81.4 cm³/mol. The highest BCUT2D eigenvalue weighted by Crippen LogP contribution is 2.65. The molecule has 0 unspecified atom stereocenters. The SMILES string of the molecule is C[C@]12CC[C@H]3[C@@H](CC[C@@H]4CCCC[C@@]43C)[C@@H]1CC(=O)C2. The van der Waals surface area contributed by atoms with E-state index in [1.807, 2.05) is 0 Å². The molecule has 1 nitrogen and oxygen atoms in total. The Balaban J connectivity index is 1.65. The van der Waals surface area contributed by atoms with Gasteiger partial charge in [-0.2, -0.15) is 0 Å². The highest BCUT2D eigenvalue weighted by atomic mass is 16.1. The summed E-state index contributed by atoms with van der Waals surface area (Å²) >= 11 is 0. The van der Waals surface area contributed by atoms with Crippen LogP contribution in [0.5, 0.6) is 0 Å². The summed E-state index contributed by atoms with van der Waals surface area (Å²) in [4.78, 5) is 12.1. The molecule has 0 N–H and O–H groups in total. The second kappa shape index (κ2) is 4.34. The van der Waals surface area contributed by atoms with Gasteiger partial charge in [0.15, 0.2) is 0 Å². The first kappa shape index (κ1) is 13.3. The van der Waals surface area contributed by atoms with E-state index in [2.05, 4.69) is 13.8 Å². The van der Waals surface area contributed by atoms with Gasteiger partial charge < -0.3 is 0 Å². The maximum absolute atomic E-state index is 12.1. The van der Waals surface area contributed by atoms with Crippen LogP contribution in [0.4, 0.5) is 0 Å². The van der Waals surface area contributed by atoms with Gasteiger partial charge in [0.25, 0.3) is 0 Å². The Morgan fingerprint density at radius 2 is 1.80 bits per heavy atom. The van der Waals surface area contributed by atoms with Crippen LogP contribution in [0.15, 0.2) is 0 Å². The molecule has 0 bridgehead atoms. The number of hydrogen-bond donors (Lipinski definition) is 0. The van der Waals surface area contributed by atoms with E-state index in [-0.39, 0.29) is 0 Å². The van der Waals surface area contributed by atoms with Gasteiger partial charge in [0.2, 0.25) is 0 Å². The summed E-state index contributed by atoms with van der Waals surface area (Å²) in [6, 6.07) is 0. The lowest BCUT2D eigenvalue weighted by molar-refractivity contribution is -0.118. The Bertz CT molecular complexity index is 427. The molecule has 0 spiro atoms. The van der Waals surface area contributed by atoms with Gasteiger partial charge in [-0.25, -0.2) is 0 Å². The molecule has 4 fully saturated rings. The van der Waals surface area contributed by atoms with Crippen LogP contribution < -0.4 is 0 Å². The van der Waals surface area contributed by atoms with Crippen LogP contribution in [0.25, 0.3) is 0 Å². The van der Waals surface area contributed by atoms with Gasteiger partial charge in [0, 0.05) is 12.8 Å². The first-order chi connectivity index (χ1) is 9.53. The summed E-state index contributed by atoms with van der Waals surface area (Å²) in [5.74, 6) is 4.10. The minimum atomic E-state index is 0.371. The van der Waals surface area contributed by atoms with E-state index < -0.39 is 0 Å². The second-order valence-corrected chi connectivity index (χ2v) is 9.01. The van der Waals surface area contributed by atoms with Crippen molar-refractivity contribution >= 4 is 5.78 Å². The molecule has 0 aromatic heterocycles. The van der Waals surface area contributed by atoms with E-state index in [1.165, 1.54) is 51.4 Å². The van der Waals surface area contributed by atoms with Crippen molar-refractivity contribution in [1.82, 2.24) is 0 Å². The van der Waals surface area contributed by atoms with Gasteiger partial charge >= 0.3 is 0 Å². The zero-order chi connectivity index (χ0) is 14.0. The molecule has 4 aliphatic rings. The van der Waals surface area contributed by atoms with Gasteiger partial charge in [-0.15, -0.1) is 0 Å². The Morgan fingerprint density at radius 3 is 2.65 bits per heavy atom. The molecule has 0 aromatic carbocycles. The number of carbonyl (C=O) groups excluding carboxylic acids is 1. The van der Waals surface area contributed by atoms with Crippen molar-refractivity contribution in [3.05, 3.63) is 0 Å². The van der Waals surface area contributed by atoms with Crippen LogP contribution in [0.3, 0.4) is 0 Å². The number of carbonyl (C=O) groups is 1. The van der Waals surface area contributed by atoms with Crippen LogP contribution in [0, 0.1) is 34.5 Å². The number of rotatable bonds is 0. The molecule has 0 amide bonds. The van der Waals surface area contributed by atoms with E-state index in [0.717, 1.165) is 36.5 Å². The largest absolute Gasteiger partial charge is 0.300 e. The fourth-order valence-corrected chi connectivity index (χ4v) is 7.07. The van der Waals surface area contributed by atoms with Crippen molar-refractivity contribution in [2.24, 2.45) is 34.5 Å². The second-order valence-electron chi connectivity index (χ2n) is 9.01. The van der Waals surface area contributed by atoms with E-state index in [4.69, 9.17) is 0 Å². The van der Waals surface area contributed by atoms with Crippen molar-refractivity contribution < 1.29 is 4.79 Å². The number of Topliss-reactive ketones (excluding diaryl/α,β-unsaturated/α-hetero) is 1. The summed E-state index contributed by atoms with van der Waals surface area (Å²) in [6.45, 7) is 5.04. The topological polar surface area (TPSA) is 17.1 Å². The third-order valence-electron chi connectivity index (χ3n) is 8.15. The van der Waals surface area contributed by atoms with Crippen LogP contribution >= 0.6 is 0 Å².